The van der Waals surface area contributed by atoms with E-state index in [0.29, 0.717) is 41.7 Å². The maximum Gasteiger partial charge on any atom is 0.251 e. The van der Waals surface area contributed by atoms with E-state index in [2.05, 4.69) is 5.32 Å². The Balaban J connectivity index is 1.55. The van der Waals surface area contributed by atoms with Crippen LogP contribution in [0.5, 0.6) is 11.5 Å². The number of benzene rings is 2. The van der Waals surface area contributed by atoms with E-state index in [-0.39, 0.29) is 5.91 Å². The molecular weight excluding hydrogens is 320 g/mol. The first kappa shape index (κ1) is 17.0. The van der Waals surface area contributed by atoms with E-state index >= 15 is 0 Å². The lowest BCUT2D eigenvalue weighted by molar-refractivity contribution is 0.0943. The van der Waals surface area contributed by atoms with Crippen molar-refractivity contribution < 1.29 is 19.1 Å². The Morgan fingerprint density at radius 3 is 2.16 bits per heavy atom. The first-order valence-electron chi connectivity index (χ1n) is 8.15. The minimum Gasteiger partial charge on any atom is -0.457 e. The standard InChI is InChI=1S/C19H20N2O4/c20-18(22)14-1-5-16(6-2-14)25-17-7-3-15(4-8-17)19(23)21-11-13-9-10-24-12-13/h1-8,13H,9-12H2,(H2,20,22)(H,21,23). The quantitative estimate of drug-likeness (QED) is 0.844. The second-order valence-corrected chi connectivity index (χ2v) is 5.95. The summed E-state index contributed by atoms with van der Waals surface area (Å²) in [5.41, 5.74) is 6.20. The van der Waals surface area contributed by atoms with E-state index in [1.165, 1.54) is 0 Å². The van der Waals surface area contributed by atoms with Crippen LogP contribution in [0.3, 0.4) is 0 Å². The molecule has 3 rings (SSSR count). The van der Waals surface area contributed by atoms with Crippen LogP contribution in [-0.4, -0.2) is 31.6 Å². The van der Waals surface area contributed by atoms with Gasteiger partial charge in [-0.15, -0.1) is 0 Å². The van der Waals surface area contributed by atoms with Crippen LogP contribution in [-0.2, 0) is 4.74 Å². The van der Waals surface area contributed by atoms with Crippen LogP contribution in [0.15, 0.2) is 48.5 Å². The molecule has 0 spiro atoms. The van der Waals surface area contributed by atoms with E-state index in [1.807, 2.05) is 0 Å². The van der Waals surface area contributed by atoms with Crippen LogP contribution in [0, 0.1) is 5.92 Å². The molecule has 1 atom stereocenters. The van der Waals surface area contributed by atoms with Crippen LogP contribution in [0.2, 0.25) is 0 Å². The van der Waals surface area contributed by atoms with Gasteiger partial charge in [-0.05, 0) is 55.0 Å². The van der Waals surface area contributed by atoms with E-state index in [1.54, 1.807) is 48.5 Å². The van der Waals surface area contributed by atoms with Crippen molar-refractivity contribution >= 4 is 11.8 Å². The van der Waals surface area contributed by atoms with Crippen molar-refractivity contribution in [2.24, 2.45) is 11.7 Å². The lowest BCUT2D eigenvalue weighted by Gasteiger charge is -2.10. The van der Waals surface area contributed by atoms with Crippen LogP contribution >= 0.6 is 0 Å². The number of primary amides is 1. The maximum atomic E-state index is 12.1. The first-order valence-corrected chi connectivity index (χ1v) is 8.15. The lowest BCUT2D eigenvalue weighted by atomic mass is 10.1. The van der Waals surface area contributed by atoms with E-state index in [4.69, 9.17) is 15.2 Å². The molecule has 130 valence electrons. The Kier molecular flexibility index (Phi) is 5.30. The van der Waals surface area contributed by atoms with E-state index in [0.717, 1.165) is 13.0 Å². The van der Waals surface area contributed by atoms with Gasteiger partial charge in [-0.25, -0.2) is 0 Å². The third-order valence-electron chi connectivity index (χ3n) is 4.07. The highest BCUT2D eigenvalue weighted by Gasteiger charge is 2.16. The van der Waals surface area contributed by atoms with Gasteiger partial charge in [0.2, 0.25) is 5.91 Å². The van der Waals surface area contributed by atoms with Gasteiger partial charge >= 0.3 is 0 Å². The Morgan fingerprint density at radius 1 is 1.04 bits per heavy atom. The van der Waals surface area contributed by atoms with Gasteiger partial charge in [-0.1, -0.05) is 0 Å². The predicted octanol–water partition coefficient (Wildman–Crippen LogP) is 2.34. The molecule has 1 heterocycles. The first-order chi connectivity index (χ1) is 12.1. The smallest absolute Gasteiger partial charge is 0.251 e. The summed E-state index contributed by atoms with van der Waals surface area (Å²) in [6.45, 7) is 2.11. The minimum absolute atomic E-state index is 0.107. The largest absolute Gasteiger partial charge is 0.457 e. The number of nitrogens with one attached hydrogen (secondary N) is 1. The fraction of sp³-hybridized carbons (Fsp3) is 0.263. The number of hydrogen-bond donors (Lipinski definition) is 2. The third-order valence-corrected chi connectivity index (χ3v) is 4.07. The van der Waals surface area contributed by atoms with Crippen molar-refractivity contribution in [2.45, 2.75) is 6.42 Å². The number of hydrogen-bond acceptors (Lipinski definition) is 4. The maximum absolute atomic E-state index is 12.1. The van der Waals surface area contributed by atoms with Crippen LogP contribution in [0.4, 0.5) is 0 Å². The van der Waals surface area contributed by atoms with Crippen molar-refractivity contribution in [3.63, 3.8) is 0 Å². The highest BCUT2D eigenvalue weighted by molar-refractivity contribution is 5.94. The van der Waals surface area contributed by atoms with Crippen LogP contribution in [0.25, 0.3) is 0 Å². The van der Waals surface area contributed by atoms with Crippen molar-refractivity contribution in [1.82, 2.24) is 5.32 Å². The molecular formula is C19H20N2O4. The highest BCUT2D eigenvalue weighted by Crippen LogP contribution is 2.22. The second-order valence-electron chi connectivity index (χ2n) is 5.95. The summed E-state index contributed by atoms with van der Waals surface area (Å²) in [6, 6.07) is 13.4. The van der Waals surface area contributed by atoms with Crippen molar-refractivity contribution in [3.05, 3.63) is 59.7 Å². The molecule has 6 nitrogen and oxygen atoms in total. The monoisotopic (exact) mass is 340 g/mol. The van der Waals surface area contributed by atoms with Gasteiger partial charge in [-0.2, -0.15) is 0 Å². The molecule has 0 aromatic heterocycles. The molecule has 0 saturated carbocycles. The summed E-state index contributed by atoms with van der Waals surface area (Å²) >= 11 is 0. The predicted molar refractivity (Wildman–Crippen MR) is 92.7 cm³/mol. The zero-order valence-corrected chi connectivity index (χ0v) is 13.7. The number of rotatable bonds is 6. The Hall–Kier alpha value is -2.86. The average Bonchev–Trinajstić information content (AvgIpc) is 3.14. The molecule has 0 radical (unpaired) electrons. The number of amides is 2. The van der Waals surface area contributed by atoms with Crippen LogP contribution in [0.1, 0.15) is 27.1 Å². The molecule has 0 aliphatic carbocycles. The number of carbonyl (C=O) groups excluding carboxylic acids is 2. The third kappa shape index (κ3) is 4.58. The fourth-order valence-electron chi connectivity index (χ4n) is 2.58. The Labute approximate surface area is 145 Å². The Bertz CT molecular complexity index is 735. The molecule has 1 saturated heterocycles. The normalized spacial score (nSPS) is 16.4. The molecule has 1 fully saturated rings. The molecule has 1 aliphatic rings. The zero-order valence-electron chi connectivity index (χ0n) is 13.7. The molecule has 1 aliphatic heterocycles. The van der Waals surface area contributed by atoms with Gasteiger partial charge in [0, 0.05) is 30.2 Å². The van der Waals surface area contributed by atoms with Crippen molar-refractivity contribution in [3.8, 4) is 11.5 Å². The van der Waals surface area contributed by atoms with E-state index < -0.39 is 5.91 Å². The molecule has 2 amide bonds. The average molecular weight is 340 g/mol. The fourth-order valence-corrected chi connectivity index (χ4v) is 2.58. The van der Waals surface area contributed by atoms with Gasteiger partial charge in [0.15, 0.2) is 0 Å². The van der Waals surface area contributed by atoms with Gasteiger partial charge in [0.1, 0.15) is 11.5 Å². The SMILES string of the molecule is NC(=O)c1ccc(Oc2ccc(C(=O)NCC3CCOC3)cc2)cc1. The van der Waals surface area contributed by atoms with Crippen LogP contribution < -0.4 is 15.8 Å². The summed E-state index contributed by atoms with van der Waals surface area (Å²) in [6.07, 6.45) is 0.988. The Morgan fingerprint density at radius 2 is 1.64 bits per heavy atom. The van der Waals surface area contributed by atoms with Crippen molar-refractivity contribution in [2.75, 3.05) is 19.8 Å². The summed E-state index contributed by atoms with van der Waals surface area (Å²) in [4.78, 5) is 23.2. The van der Waals surface area contributed by atoms with Gasteiger partial charge < -0.3 is 20.5 Å². The van der Waals surface area contributed by atoms with Gasteiger partial charge in [0.05, 0.1) is 6.61 Å². The van der Waals surface area contributed by atoms with Gasteiger partial charge in [0.25, 0.3) is 5.91 Å². The molecule has 2 aromatic rings. The highest BCUT2D eigenvalue weighted by atomic mass is 16.5. The topological polar surface area (TPSA) is 90.7 Å². The summed E-state index contributed by atoms with van der Waals surface area (Å²) in [5.74, 6) is 1.00. The number of carbonyl (C=O) groups is 2. The lowest BCUT2D eigenvalue weighted by Crippen LogP contribution is -2.29. The minimum atomic E-state index is -0.480. The number of ether oxygens (including phenoxy) is 2. The molecule has 25 heavy (non-hydrogen) atoms. The molecule has 3 N–H and O–H groups in total. The van der Waals surface area contributed by atoms with Gasteiger partial charge in [-0.3, -0.25) is 9.59 Å². The second kappa shape index (κ2) is 7.81. The number of nitrogens with two attached hydrogens (primary N) is 1. The summed E-state index contributed by atoms with van der Waals surface area (Å²) in [5, 5.41) is 2.92. The molecule has 0 bridgehead atoms. The van der Waals surface area contributed by atoms with E-state index in [9.17, 15) is 9.59 Å². The molecule has 1 unspecified atom stereocenters. The van der Waals surface area contributed by atoms with Crippen molar-refractivity contribution in [1.29, 1.82) is 0 Å². The summed E-state index contributed by atoms with van der Waals surface area (Å²) in [7, 11) is 0. The molecule has 6 heteroatoms. The summed E-state index contributed by atoms with van der Waals surface area (Å²) < 4.78 is 11.0. The zero-order chi connectivity index (χ0) is 17.6. The molecule has 2 aromatic carbocycles.